The highest BCUT2D eigenvalue weighted by molar-refractivity contribution is 7.11. The van der Waals surface area contributed by atoms with Gasteiger partial charge in [-0.25, -0.2) is 0 Å². The maximum absolute atomic E-state index is 11.6. The Hall–Kier alpha value is -1.95. The quantitative estimate of drug-likeness (QED) is 0.801. The number of hydrogen-bond acceptors (Lipinski definition) is 5. The molecule has 2 rings (SSSR count). The van der Waals surface area contributed by atoms with Gasteiger partial charge in [0.1, 0.15) is 4.88 Å². The van der Waals surface area contributed by atoms with Gasteiger partial charge in [-0.1, -0.05) is 0 Å². The molecule has 0 spiro atoms. The molecular weight excluding hydrogens is 212 g/mol. The van der Waals surface area contributed by atoms with Gasteiger partial charge in [-0.15, -0.1) is 11.3 Å². The molecule has 3 N–H and O–H groups in total. The first-order chi connectivity index (χ1) is 7.27. The van der Waals surface area contributed by atoms with Crippen molar-refractivity contribution in [3.8, 4) is 0 Å². The van der Waals surface area contributed by atoms with Crippen molar-refractivity contribution in [2.24, 2.45) is 0 Å². The number of hydrogen-bond donors (Lipinski definition) is 2. The summed E-state index contributed by atoms with van der Waals surface area (Å²) in [4.78, 5) is 19.8. The Morgan fingerprint density at radius 1 is 1.40 bits per heavy atom. The van der Waals surface area contributed by atoms with Crippen molar-refractivity contribution < 1.29 is 4.79 Å². The van der Waals surface area contributed by atoms with Gasteiger partial charge in [0.05, 0.1) is 29.3 Å². The monoisotopic (exact) mass is 220 g/mol. The average molecular weight is 220 g/mol. The number of nitrogens with zero attached hydrogens (tertiary/aromatic N) is 2. The number of anilines is 2. The Morgan fingerprint density at radius 2 is 2.27 bits per heavy atom. The number of carbonyl (C=O) groups excluding carboxylic acids is 1. The second kappa shape index (κ2) is 4.05. The molecule has 0 atom stereocenters. The van der Waals surface area contributed by atoms with E-state index in [1.54, 1.807) is 17.8 Å². The van der Waals surface area contributed by atoms with Gasteiger partial charge >= 0.3 is 0 Å². The highest BCUT2D eigenvalue weighted by atomic mass is 32.1. The van der Waals surface area contributed by atoms with Crippen LogP contribution in [0.1, 0.15) is 9.67 Å². The normalized spacial score (nSPS) is 9.87. The first-order valence-electron chi connectivity index (χ1n) is 4.16. The standard InChI is InChI=1S/C9H8N4OS/c10-6-3-11-2-1-7(6)13-9(14)8-4-12-5-15-8/h1-5H,10H2,(H,11,13,14). The molecular formula is C9H8N4OS. The summed E-state index contributed by atoms with van der Waals surface area (Å²) in [5, 5.41) is 2.68. The predicted molar refractivity (Wildman–Crippen MR) is 58.7 cm³/mol. The van der Waals surface area contributed by atoms with E-state index in [9.17, 15) is 4.79 Å². The van der Waals surface area contributed by atoms with Crippen LogP contribution in [0, 0.1) is 0 Å². The Bertz CT molecular complexity index is 469. The molecule has 2 aromatic heterocycles. The second-order valence-electron chi connectivity index (χ2n) is 2.78. The third kappa shape index (κ3) is 2.10. The number of pyridine rings is 1. The maximum atomic E-state index is 11.6. The minimum absolute atomic E-state index is 0.213. The molecule has 0 bridgehead atoms. The van der Waals surface area contributed by atoms with E-state index >= 15 is 0 Å². The second-order valence-corrected chi connectivity index (χ2v) is 3.67. The van der Waals surface area contributed by atoms with Crippen LogP contribution < -0.4 is 11.1 Å². The van der Waals surface area contributed by atoms with Gasteiger partial charge in [0, 0.05) is 6.20 Å². The summed E-state index contributed by atoms with van der Waals surface area (Å²) < 4.78 is 0. The minimum atomic E-state index is -0.213. The molecule has 76 valence electrons. The van der Waals surface area contributed by atoms with Gasteiger partial charge in [0.25, 0.3) is 5.91 Å². The van der Waals surface area contributed by atoms with Gasteiger partial charge in [-0.3, -0.25) is 14.8 Å². The van der Waals surface area contributed by atoms with Crippen LogP contribution in [0.5, 0.6) is 0 Å². The van der Waals surface area contributed by atoms with E-state index in [0.717, 1.165) is 0 Å². The molecule has 0 aliphatic rings. The SMILES string of the molecule is Nc1cnccc1NC(=O)c1cncs1. The number of rotatable bonds is 2. The van der Waals surface area contributed by atoms with Crippen LogP contribution in [0.25, 0.3) is 0 Å². The van der Waals surface area contributed by atoms with Crippen LogP contribution in [0.4, 0.5) is 11.4 Å². The van der Waals surface area contributed by atoms with E-state index in [1.807, 2.05) is 0 Å². The number of nitrogens with two attached hydrogens (primary N) is 1. The fourth-order valence-corrected chi connectivity index (χ4v) is 1.55. The smallest absolute Gasteiger partial charge is 0.267 e. The van der Waals surface area contributed by atoms with E-state index in [2.05, 4.69) is 15.3 Å². The summed E-state index contributed by atoms with van der Waals surface area (Å²) in [6, 6.07) is 1.65. The Balaban J connectivity index is 2.17. The summed E-state index contributed by atoms with van der Waals surface area (Å²) in [6.45, 7) is 0. The molecule has 0 radical (unpaired) electrons. The number of aromatic nitrogens is 2. The zero-order valence-electron chi connectivity index (χ0n) is 7.68. The molecule has 0 aliphatic carbocycles. The van der Waals surface area contributed by atoms with E-state index in [1.165, 1.54) is 23.7 Å². The minimum Gasteiger partial charge on any atom is -0.396 e. The summed E-state index contributed by atoms with van der Waals surface area (Å²) in [5.74, 6) is -0.213. The molecule has 0 saturated carbocycles. The van der Waals surface area contributed by atoms with Gasteiger partial charge in [0.2, 0.25) is 0 Å². The lowest BCUT2D eigenvalue weighted by Gasteiger charge is -2.05. The lowest BCUT2D eigenvalue weighted by atomic mass is 10.3. The van der Waals surface area contributed by atoms with Crippen LogP contribution in [0.3, 0.4) is 0 Å². The van der Waals surface area contributed by atoms with Crippen molar-refractivity contribution in [3.05, 3.63) is 35.0 Å². The topological polar surface area (TPSA) is 80.9 Å². The van der Waals surface area contributed by atoms with Crippen LogP contribution >= 0.6 is 11.3 Å². The molecule has 2 aromatic rings. The largest absolute Gasteiger partial charge is 0.396 e. The first-order valence-corrected chi connectivity index (χ1v) is 5.04. The fraction of sp³-hybridized carbons (Fsp3) is 0. The van der Waals surface area contributed by atoms with Crippen LogP contribution in [0.15, 0.2) is 30.2 Å². The molecule has 0 saturated heterocycles. The molecule has 0 aromatic carbocycles. The van der Waals surface area contributed by atoms with E-state index in [0.29, 0.717) is 16.3 Å². The zero-order valence-corrected chi connectivity index (χ0v) is 8.49. The summed E-state index contributed by atoms with van der Waals surface area (Å²) in [5.41, 5.74) is 8.23. The third-order valence-electron chi connectivity index (χ3n) is 1.76. The van der Waals surface area contributed by atoms with E-state index in [4.69, 9.17) is 5.73 Å². The van der Waals surface area contributed by atoms with E-state index in [-0.39, 0.29) is 5.91 Å². The molecule has 0 aliphatic heterocycles. The van der Waals surface area contributed by atoms with Crippen molar-refractivity contribution in [1.29, 1.82) is 0 Å². The highest BCUT2D eigenvalue weighted by Gasteiger charge is 2.08. The van der Waals surface area contributed by atoms with Gasteiger partial charge in [-0.05, 0) is 6.07 Å². The van der Waals surface area contributed by atoms with Crippen molar-refractivity contribution >= 4 is 28.6 Å². The van der Waals surface area contributed by atoms with Crippen molar-refractivity contribution in [2.75, 3.05) is 11.1 Å². The van der Waals surface area contributed by atoms with Crippen molar-refractivity contribution in [1.82, 2.24) is 9.97 Å². The van der Waals surface area contributed by atoms with Gasteiger partial charge < -0.3 is 11.1 Å². The Morgan fingerprint density at radius 3 is 2.93 bits per heavy atom. The maximum Gasteiger partial charge on any atom is 0.267 e. The Kier molecular flexibility index (Phi) is 2.59. The van der Waals surface area contributed by atoms with Crippen LogP contribution in [-0.2, 0) is 0 Å². The average Bonchev–Trinajstić information content (AvgIpc) is 2.74. The highest BCUT2D eigenvalue weighted by Crippen LogP contribution is 2.17. The fourth-order valence-electron chi connectivity index (χ4n) is 1.03. The number of amides is 1. The molecule has 0 fully saturated rings. The summed E-state index contributed by atoms with van der Waals surface area (Å²) in [6.07, 6.45) is 4.57. The molecule has 15 heavy (non-hydrogen) atoms. The number of carbonyl (C=O) groups is 1. The summed E-state index contributed by atoms with van der Waals surface area (Å²) in [7, 11) is 0. The molecule has 5 nitrogen and oxygen atoms in total. The summed E-state index contributed by atoms with van der Waals surface area (Å²) >= 11 is 1.28. The molecule has 6 heteroatoms. The van der Waals surface area contributed by atoms with Gasteiger partial charge in [-0.2, -0.15) is 0 Å². The molecule has 1 amide bonds. The lowest BCUT2D eigenvalue weighted by molar-refractivity contribution is 0.103. The van der Waals surface area contributed by atoms with Crippen LogP contribution in [0.2, 0.25) is 0 Å². The number of nitrogen functional groups attached to an aromatic ring is 1. The number of nitrogens with one attached hydrogen (secondary N) is 1. The Labute approximate surface area is 90.0 Å². The van der Waals surface area contributed by atoms with Gasteiger partial charge in [0.15, 0.2) is 0 Å². The molecule has 2 heterocycles. The van der Waals surface area contributed by atoms with Crippen molar-refractivity contribution in [2.45, 2.75) is 0 Å². The van der Waals surface area contributed by atoms with Crippen molar-refractivity contribution in [3.63, 3.8) is 0 Å². The van der Waals surface area contributed by atoms with E-state index < -0.39 is 0 Å². The van der Waals surface area contributed by atoms with Crippen LogP contribution in [-0.4, -0.2) is 15.9 Å². The lowest BCUT2D eigenvalue weighted by Crippen LogP contribution is -2.11. The third-order valence-corrected chi connectivity index (χ3v) is 2.53. The molecule has 0 unspecified atom stereocenters. The number of thiazole rings is 1. The first kappa shape index (κ1) is 9.60. The predicted octanol–water partition coefficient (Wildman–Crippen LogP) is 1.37. The zero-order chi connectivity index (χ0) is 10.7.